The number of para-hydroxylation sites is 1. The molecular weight excluding hydrogens is 258 g/mol. The van der Waals surface area contributed by atoms with Gasteiger partial charge in [-0.15, -0.1) is 0 Å². The molecule has 0 saturated heterocycles. The molecule has 4 heteroatoms. The maximum absolute atomic E-state index is 11.7. The highest BCUT2D eigenvalue weighted by molar-refractivity contribution is 9.10. The van der Waals surface area contributed by atoms with Gasteiger partial charge < -0.3 is 9.72 Å². The number of hydrogen-bond donors (Lipinski definition) is 1. The molecule has 0 radical (unpaired) electrons. The molecule has 1 N–H and O–H groups in total. The molecular formula is C11H10BrNO2. The number of nitrogens with one attached hydrogen (secondary N) is 1. The van der Waals surface area contributed by atoms with Gasteiger partial charge in [0.05, 0.1) is 12.1 Å². The Labute approximate surface area is 95.2 Å². The van der Waals surface area contributed by atoms with E-state index in [0.29, 0.717) is 12.0 Å². The fourth-order valence-corrected chi connectivity index (χ4v) is 1.99. The van der Waals surface area contributed by atoms with Crippen LogP contribution in [-0.2, 0) is 11.3 Å². The van der Waals surface area contributed by atoms with Gasteiger partial charge in [0.1, 0.15) is 0 Å². The summed E-state index contributed by atoms with van der Waals surface area (Å²) in [5.74, 6) is 0. The van der Waals surface area contributed by atoms with Gasteiger partial charge in [0.2, 0.25) is 0 Å². The van der Waals surface area contributed by atoms with E-state index in [1.807, 2.05) is 12.1 Å². The van der Waals surface area contributed by atoms with Crippen LogP contribution in [-0.4, -0.2) is 12.1 Å². The molecule has 1 heterocycles. The molecule has 1 aromatic carbocycles. The van der Waals surface area contributed by atoms with Crippen molar-refractivity contribution in [2.75, 3.05) is 7.11 Å². The van der Waals surface area contributed by atoms with E-state index in [4.69, 9.17) is 4.74 Å². The molecule has 3 nitrogen and oxygen atoms in total. The predicted molar refractivity (Wildman–Crippen MR) is 63.0 cm³/mol. The van der Waals surface area contributed by atoms with Gasteiger partial charge in [-0.3, -0.25) is 4.79 Å². The van der Waals surface area contributed by atoms with Crippen LogP contribution in [0.5, 0.6) is 0 Å². The second-order valence-electron chi connectivity index (χ2n) is 3.25. The van der Waals surface area contributed by atoms with Gasteiger partial charge in [-0.1, -0.05) is 6.07 Å². The van der Waals surface area contributed by atoms with Crippen molar-refractivity contribution < 1.29 is 4.74 Å². The molecule has 0 spiro atoms. The first-order chi connectivity index (χ1) is 7.22. The second kappa shape index (κ2) is 4.16. The van der Waals surface area contributed by atoms with Gasteiger partial charge in [0, 0.05) is 28.7 Å². The van der Waals surface area contributed by atoms with Gasteiger partial charge in [-0.25, -0.2) is 0 Å². The molecule has 0 aliphatic heterocycles. The molecule has 0 fully saturated rings. The van der Waals surface area contributed by atoms with Crippen LogP contribution in [0, 0.1) is 0 Å². The first-order valence-corrected chi connectivity index (χ1v) is 5.31. The van der Waals surface area contributed by atoms with Gasteiger partial charge in [0.15, 0.2) is 5.43 Å². The molecule has 0 bridgehead atoms. The lowest BCUT2D eigenvalue weighted by Gasteiger charge is -2.04. The summed E-state index contributed by atoms with van der Waals surface area (Å²) in [5, 5.41) is 0.684. The number of halogens is 1. The summed E-state index contributed by atoms with van der Waals surface area (Å²) in [6.07, 6.45) is 0. The lowest BCUT2D eigenvalue weighted by atomic mass is 10.2. The van der Waals surface area contributed by atoms with Crippen LogP contribution in [0.3, 0.4) is 0 Å². The maximum Gasteiger partial charge on any atom is 0.189 e. The Kier molecular flexibility index (Phi) is 2.88. The number of pyridine rings is 1. The third-order valence-electron chi connectivity index (χ3n) is 2.17. The first kappa shape index (κ1) is 10.4. The van der Waals surface area contributed by atoms with Crippen molar-refractivity contribution in [3.8, 4) is 0 Å². The third-order valence-corrected chi connectivity index (χ3v) is 2.83. The highest BCUT2D eigenvalue weighted by atomic mass is 79.9. The van der Waals surface area contributed by atoms with E-state index < -0.39 is 0 Å². The number of H-pyrrole nitrogens is 1. The van der Waals surface area contributed by atoms with Crippen molar-refractivity contribution in [1.29, 1.82) is 0 Å². The van der Waals surface area contributed by atoms with Crippen LogP contribution in [0.2, 0.25) is 0 Å². The van der Waals surface area contributed by atoms with Crippen LogP contribution in [0.1, 0.15) is 5.69 Å². The minimum Gasteiger partial charge on any atom is -0.378 e. The molecule has 0 unspecified atom stereocenters. The number of aromatic amines is 1. The average Bonchev–Trinajstić information content (AvgIpc) is 2.20. The summed E-state index contributed by atoms with van der Waals surface area (Å²) in [5.41, 5.74) is 1.61. The number of rotatable bonds is 2. The topological polar surface area (TPSA) is 42.1 Å². The highest BCUT2D eigenvalue weighted by Gasteiger charge is 2.04. The van der Waals surface area contributed by atoms with Crippen LogP contribution >= 0.6 is 15.9 Å². The number of benzene rings is 1. The Bertz CT molecular complexity index is 548. The van der Waals surface area contributed by atoms with E-state index >= 15 is 0 Å². The molecule has 0 atom stereocenters. The van der Waals surface area contributed by atoms with Crippen molar-refractivity contribution in [2.24, 2.45) is 0 Å². The monoisotopic (exact) mass is 267 g/mol. The average molecular weight is 268 g/mol. The summed E-state index contributed by atoms with van der Waals surface area (Å²) in [6, 6.07) is 7.11. The molecule has 78 valence electrons. The van der Waals surface area contributed by atoms with Gasteiger partial charge >= 0.3 is 0 Å². The molecule has 1 aromatic heterocycles. The standard InChI is InChI=1S/C11H10BrNO2/c1-15-6-7-5-10(14)8-3-2-4-9(12)11(8)13-7/h2-5H,6H2,1H3,(H,13,14). The van der Waals surface area contributed by atoms with Crippen molar-refractivity contribution in [3.05, 3.63) is 44.7 Å². The van der Waals surface area contributed by atoms with E-state index in [1.54, 1.807) is 19.2 Å². The maximum atomic E-state index is 11.7. The SMILES string of the molecule is COCc1cc(=O)c2cccc(Br)c2[nH]1. The Morgan fingerprint density at radius 1 is 1.47 bits per heavy atom. The molecule has 15 heavy (non-hydrogen) atoms. The van der Waals surface area contributed by atoms with Crippen molar-refractivity contribution in [1.82, 2.24) is 4.98 Å². The van der Waals surface area contributed by atoms with E-state index in [1.165, 1.54) is 0 Å². The predicted octanol–water partition coefficient (Wildman–Crippen LogP) is 2.44. The van der Waals surface area contributed by atoms with Crippen LogP contribution in [0.4, 0.5) is 0 Å². The van der Waals surface area contributed by atoms with Crippen LogP contribution in [0.25, 0.3) is 10.9 Å². The lowest BCUT2D eigenvalue weighted by Crippen LogP contribution is -2.06. The fourth-order valence-electron chi connectivity index (χ4n) is 1.52. The summed E-state index contributed by atoms with van der Waals surface area (Å²) < 4.78 is 5.87. The molecule has 2 rings (SSSR count). The smallest absolute Gasteiger partial charge is 0.189 e. The highest BCUT2D eigenvalue weighted by Crippen LogP contribution is 2.19. The number of methoxy groups -OCH3 is 1. The summed E-state index contributed by atoms with van der Waals surface area (Å²) in [7, 11) is 1.60. The summed E-state index contributed by atoms with van der Waals surface area (Å²) in [6.45, 7) is 0.409. The number of aromatic nitrogens is 1. The Morgan fingerprint density at radius 3 is 3.00 bits per heavy atom. The molecule has 0 aliphatic carbocycles. The lowest BCUT2D eigenvalue weighted by molar-refractivity contribution is 0.181. The zero-order valence-electron chi connectivity index (χ0n) is 8.21. The van der Waals surface area contributed by atoms with Crippen molar-refractivity contribution in [2.45, 2.75) is 6.61 Å². The van der Waals surface area contributed by atoms with E-state index in [0.717, 1.165) is 15.7 Å². The zero-order chi connectivity index (χ0) is 10.8. The molecule has 0 aliphatic rings. The second-order valence-corrected chi connectivity index (χ2v) is 4.11. The summed E-state index contributed by atoms with van der Waals surface area (Å²) >= 11 is 3.41. The first-order valence-electron chi connectivity index (χ1n) is 4.51. The largest absolute Gasteiger partial charge is 0.378 e. The molecule has 0 saturated carbocycles. The Morgan fingerprint density at radius 2 is 2.27 bits per heavy atom. The third kappa shape index (κ3) is 1.96. The Balaban J connectivity index is 2.74. The zero-order valence-corrected chi connectivity index (χ0v) is 9.80. The van der Waals surface area contributed by atoms with E-state index in [-0.39, 0.29) is 5.43 Å². The summed E-state index contributed by atoms with van der Waals surface area (Å²) in [4.78, 5) is 14.9. The van der Waals surface area contributed by atoms with E-state index in [2.05, 4.69) is 20.9 Å². The quantitative estimate of drug-likeness (QED) is 0.908. The Hall–Kier alpha value is -1.13. The van der Waals surface area contributed by atoms with Crippen molar-refractivity contribution in [3.63, 3.8) is 0 Å². The number of fused-ring (bicyclic) bond motifs is 1. The van der Waals surface area contributed by atoms with Gasteiger partial charge in [-0.2, -0.15) is 0 Å². The number of ether oxygens (including phenoxy) is 1. The number of hydrogen-bond acceptors (Lipinski definition) is 2. The van der Waals surface area contributed by atoms with Crippen LogP contribution < -0.4 is 5.43 Å². The minimum absolute atomic E-state index is 0.0112. The molecule has 0 amide bonds. The van der Waals surface area contributed by atoms with Crippen molar-refractivity contribution >= 4 is 26.8 Å². The molecule has 2 aromatic rings. The fraction of sp³-hybridized carbons (Fsp3) is 0.182. The van der Waals surface area contributed by atoms with Gasteiger partial charge in [-0.05, 0) is 28.1 Å². The van der Waals surface area contributed by atoms with E-state index in [9.17, 15) is 4.79 Å². The minimum atomic E-state index is 0.0112. The van der Waals surface area contributed by atoms with Crippen LogP contribution in [0.15, 0.2) is 33.5 Å². The van der Waals surface area contributed by atoms with Gasteiger partial charge in [0.25, 0.3) is 0 Å². The normalized spacial score (nSPS) is 10.8.